The number of tetrazole rings is 1. The SMILES string of the molecule is C/C=C\C(=NC(C)N1C[C@H](CO)OC1=O)c1nnn(C)n1. The van der Waals surface area contributed by atoms with Crippen LogP contribution >= 0.6 is 0 Å². The summed E-state index contributed by atoms with van der Waals surface area (Å²) < 4.78 is 5.00. The summed E-state index contributed by atoms with van der Waals surface area (Å²) in [5.41, 5.74) is 0.526. The van der Waals surface area contributed by atoms with Crippen LogP contribution in [0.1, 0.15) is 19.7 Å². The summed E-state index contributed by atoms with van der Waals surface area (Å²) in [5, 5.41) is 20.8. The van der Waals surface area contributed by atoms with Gasteiger partial charge in [-0.3, -0.25) is 9.89 Å². The zero-order valence-corrected chi connectivity index (χ0v) is 12.2. The van der Waals surface area contributed by atoms with Crippen molar-refractivity contribution in [1.29, 1.82) is 0 Å². The molecular formula is C12H18N6O3. The molecule has 1 N–H and O–H groups in total. The van der Waals surface area contributed by atoms with Crippen LogP contribution in [-0.4, -0.2) is 67.4 Å². The van der Waals surface area contributed by atoms with Crippen molar-refractivity contribution in [2.45, 2.75) is 26.1 Å². The first-order valence-electron chi connectivity index (χ1n) is 6.58. The van der Waals surface area contributed by atoms with Gasteiger partial charge in [-0.05, 0) is 25.1 Å². The Kier molecular flexibility index (Phi) is 4.63. The van der Waals surface area contributed by atoms with Crippen LogP contribution in [0.5, 0.6) is 0 Å². The maximum absolute atomic E-state index is 11.7. The number of allylic oxidation sites excluding steroid dienone is 2. The maximum Gasteiger partial charge on any atom is 0.412 e. The molecule has 2 rings (SSSR count). The molecule has 2 heterocycles. The average molecular weight is 294 g/mol. The van der Waals surface area contributed by atoms with Gasteiger partial charge < -0.3 is 9.84 Å². The second-order valence-electron chi connectivity index (χ2n) is 4.59. The number of aryl methyl sites for hydroxylation is 1. The number of aliphatic imine (C=N–C) groups is 1. The summed E-state index contributed by atoms with van der Waals surface area (Å²) in [5.74, 6) is 0.383. The Morgan fingerprint density at radius 1 is 1.67 bits per heavy atom. The number of amides is 1. The highest BCUT2D eigenvalue weighted by Crippen LogP contribution is 2.15. The predicted molar refractivity (Wildman–Crippen MR) is 73.7 cm³/mol. The third-order valence-corrected chi connectivity index (χ3v) is 2.94. The number of hydrogen-bond donors (Lipinski definition) is 1. The molecule has 9 heteroatoms. The Bertz CT molecular complexity index is 567. The molecule has 0 bridgehead atoms. The lowest BCUT2D eigenvalue weighted by Gasteiger charge is -2.18. The number of cyclic esters (lactones) is 1. The van der Waals surface area contributed by atoms with Crippen molar-refractivity contribution < 1.29 is 14.6 Å². The van der Waals surface area contributed by atoms with Gasteiger partial charge in [0, 0.05) is 0 Å². The molecule has 0 aromatic carbocycles. The van der Waals surface area contributed by atoms with Gasteiger partial charge in [0.25, 0.3) is 0 Å². The van der Waals surface area contributed by atoms with Gasteiger partial charge in [-0.15, -0.1) is 10.2 Å². The number of aliphatic hydroxyl groups excluding tert-OH is 1. The second-order valence-corrected chi connectivity index (χ2v) is 4.59. The molecule has 1 aromatic heterocycles. The minimum absolute atomic E-state index is 0.202. The zero-order valence-electron chi connectivity index (χ0n) is 12.2. The van der Waals surface area contributed by atoms with E-state index in [0.29, 0.717) is 18.1 Å². The number of ether oxygens (including phenoxy) is 1. The van der Waals surface area contributed by atoms with Gasteiger partial charge in [-0.2, -0.15) is 4.80 Å². The lowest BCUT2D eigenvalue weighted by atomic mass is 10.3. The highest BCUT2D eigenvalue weighted by molar-refractivity contribution is 6.05. The van der Waals surface area contributed by atoms with Crippen LogP contribution in [0, 0.1) is 0 Å². The fourth-order valence-corrected chi connectivity index (χ4v) is 1.93. The van der Waals surface area contributed by atoms with Crippen LogP contribution in [0.4, 0.5) is 4.79 Å². The molecular weight excluding hydrogens is 276 g/mol. The van der Waals surface area contributed by atoms with Crippen LogP contribution < -0.4 is 0 Å². The molecule has 0 spiro atoms. The Hall–Kier alpha value is -2.29. The largest absolute Gasteiger partial charge is 0.442 e. The summed E-state index contributed by atoms with van der Waals surface area (Å²) in [6, 6.07) is 0. The van der Waals surface area contributed by atoms with Crippen molar-refractivity contribution in [2.24, 2.45) is 12.0 Å². The molecule has 1 aliphatic rings. The Morgan fingerprint density at radius 3 is 2.95 bits per heavy atom. The number of carbonyl (C=O) groups excluding carboxylic acids is 1. The van der Waals surface area contributed by atoms with Gasteiger partial charge in [-0.1, -0.05) is 6.08 Å². The third kappa shape index (κ3) is 3.43. The molecule has 21 heavy (non-hydrogen) atoms. The highest BCUT2D eigenvalue weighted by atomic mass is 16.6. The van der Waals surface area contributed by atoms with E-state index in [1.54, 1.807) is 26.1 Å². The van der Waals surface area contributed by atoms with E-state index in [1.165, 1.54) is 9.70 Å². The molecule has 1 unspecified atom stereocenters. The van der Waals surface area contributed by atoms with Crippen molar-refractivity contribution in [3.8, 4) is 0 Å². The summed E-state index contributed by atoms with van der Waals surface area (Å²) in [4.78, 5) is 19.0. The summed E-state index contributed by atoms with van der Waals surface area (Å²) in [6.07, 6.45) is 2.11. The molecule has 0 saturated carbocycles. The summed E-state index contributed by atoms with van der Waals surface area (Å²) in [6.45, 7) is 3.71. The lowest BCUT2D eigenvalue weighted by molar-refractivity contribution is 0.0942. The molecule has 9 nitrogen and oxygen atoms in total. The van der Waals surface area contributed by atoms with E-state index in [-0.39, 0.29) is 6.61 Å². The van der Waals surface area contributed by atoms with Crippen LogP contribution in [0.15, 0.2) is 17.1 Å². The molecule has 1 aromatic rings. The fraction of sp³-hybridized carbons (Fsp3) is 0.583. The van der Waals surface area contributed by atoms with Gasteiger partial charge in [0.05, 0.1) is 20.2 Å². The minimum atomic E-state index is -0.505. The van der Waals surface area contributed by atoms with Crippen molar-refractivity contribution in [3.63, 3.8) is 0 Å². The first-order valence-corrected chi connectivity index (χ1v) is 6.58. The monoisotopic (exact) mass is 294 g/mol. The quantitative estimate of drug-likeness (QED) is 0.750. The number of hydrogen-bond acceptors (Lipinski definition) is 7. The molecule has 0 aliphatic carbocycles. The highest BCUT2D eigenvalue weighted by Gasteiger charge is 2.34. The van der Waals surface area contributed by atoms with Gasteiger partial charge in [0.15, 0.2) is 0 Å². The van der Waals surface area contributed by atoms with Crippen molar-refractivity contribution in [2.75, 3.05) is 13.2 Å². The van der Waals surface area contributed by atoms with Crippen LogP contribution in [0.3, 0.4) is 0 Å². The van der Waals surface area contributed by atoms with Crippen LogP contribution in [0.2, 0.25) is 0 Å². The number of aromatic nitrogens is 4. The van der Waals surface area contributed by atoms with Gasteiger partial charge in [0.1, 0.15) is 18.0 Å². The first-order chi connectivity index (χ1) is 10.0. The van der Waals surface area contributed by atoms with E-state index < -0.39 is 18.4 Å². The topological polar surface area (TPSA) is 106 Å². The molecule has 1 fully saturated rings. The Balaban J connectivity index is 2.20. The number of nitrogens with zero attached hydrogens (tertiary/aromatic N) is 6. The third-order valence-electron chi connectivity index (χ3n) is 2.94. The molecule has 2 atom stereocenters. The van der Waals surface area contributed by atoms with E-state index >= 15 is 0 Å². The number of carbonyl (C=O) groups is 1. The normalized spacial score (nSPS) is 21.1. The van der Waals surface area contributed by atoms with Gasteiger partial charge in [-0.25, -0.2) is 4.79 Å². The van der Waals surface area contributed by atoms with E-state index in [9.17, 15) is 4.79 Å². The first kappa shape index (κ1) is 15.1. The standard InChI is InChI=1S/C12H18N6O3/c1-4-5-10(11-14-16-17(3)15-11)13-8(2)18-6-9(7-19)21-12(18)20/h4-5,8-9,19H,6-7H2,1-3H3/b5-4-,13-10?/t8?,9-/m1/s1. The van der Waals surface area contributed by atoms with Crippen LogP contribution in [0.25, 0.3) is 0 Å². The zero-order chi connectivity index (χ0) is 15.4. The van der Waals surface area contributed by atoms with E-state index in [4.69, 9.17) is 9.84 Å². The molecule has 114 valence electrons. The van der Waals surface area contributed by atoms with Gasteiger partial charge >= 0.3 is 6.09 Å². The predicted octanol–water partition coefficient (Wildman–Crippen LogP) is -0.266. The Morgan fingerprint density at radius 2 is 2.43 bits per heavy atom. The number of rotatable bonds is 5. The molecule has 1 amide bonds. The second kappa shape index (κ2) is 6.44. The number of aliphatic hydroxyl groups is 1. The Labute approximate surface area is 121 Å². The van der Waals surface area contributed by atoms with Crippen molar-refractivity contribution >= 4 is 11.8 Å². The maximum atomic E-state index is 11.7. The van der Waals surface area contributed by atoms with Gasteiger partial charge in [0.2, 0.25) is 5.82 Å². The van der Waals surface area contributed by atoms with E-state index in [0.717, 1.165) is 0 Å². The van der Waals surface area contributed by atoms with E-state index in [2.05, 4.69) is 20.4 Å². The van der Waals surface area contributed by atoms with Crippen molar-refractivity contribution in [3.05, 3.63) is 18.0 Å². The summed E-state index contributed by atoms with van der Waals surface area (Å²) in [7, 11) is 1.66. The lowest BCUT2D eigenvalue weighted by Crippen LogP contribution is -2.34. The molecule has 0 radical (unpaired) electrons. The fourth-order valence-electron chi connectivity index (χ4n) is 1.93. The molecule has 1 aliphatic heterocycles. The minimum Gasteiger partial charge on any atom is -0.442 e. The van der Waals surface area contributed by atoms with Crippen molar-refractivity contribution in [1.82, 2.24) is 25.1 Å². The smallest absolute Gasteiger partial charge is 0.412 e. The van der Waals surface area contributed by atoms with Crippen LogP contribution in [-0.2, 0) is 11.8 Å². The van der Waals surface area contributed by atoms with E-state index in [1.807, 2.05) is 6.92 Å². The molecule has 1 saturated heterocycles. The summed E-state index contributed by atoms with van der Waals surface area (Å²) >= 11 is 0. The average Bonchev–Trinajstić information content (AvgIpc) is 3.04.